The van der Waals surface area contributed by atoms with Crippen LogP contribution in [0.25, 0.3) is 0 Å². The molecule has 7 heteroatoms. The normalized spacial score (nSPS) is 11.7. The molecule has 2 aromatic carbocycles. The molecule has 0 radical (unpaired) electrons. The van der Waals surface area contributed by atoms with Crippen molar-refractivity contribution < 1.29 is 23.8 Å². The third kappa shape index (κ3) is 3.34. The lowest BCUT2D eigenvalue weighted by atomic mass is 10.2. The molecule has 0 fully saturated rings. The summed E-state index contributed by atoms with van der Waals surface area (Å²) in [6.45, 7) is 0.142. The number of nitrogens with one attached hydrogen (secondary N) is 2. The summed E-state index contributed by atoms with van der Waals surface area (Å²) < 4.78 is 15.5. The highest BCUT2D eigenvalue weighted by atomic mass is 16.7. The van der Waals surface area contributed by atoms with E-state index in [1.807, 2.05) is 0 Å². The van der Waals surface area contributed by atoms with Crippen LogP contribution in [0.5, 0.6) is 17.2 Å². The maximum atomic E-state index is 11.9. The Labute approximate surface area is 132 Å². The molecule has 0 saturated carbocycles. The first-order valence-corrected chi connectivity index (χ1v) is 6.82. The molecular weight excluding hydrogens is 300 g/mol. The van der Waals surface area contributed by atoms with Crippen LogP contribution in [0.2, 0.25) is 0 Å². The maximum Gasteiger partial charge on any atom is 0.314 e. The Morgan fingerprint density at radius 1 is 0.957 bits per heavy atom. The summed E-state index contributed by atoms with van der Waals surface area (Å²) in [5.41, 5.74) is 0.912. The zero-order valence-electron chi connectivity index (χ0n) is 12.3. The minimum atomic E-state index is -0.785. The highest BCUT2D eigenvalue weighted by molar-refractivity contribution is 6.43. The van der Waals surface area contributed by atoms with Crippen LogP contribution in [0.4, 0.5) is 11.4 Å². The molecule has 3 rings (SSSR count). The van der Waals surface area contributed by atoms with Crippen molar-refractivity contribution in [1.29, 1.82) is 0 Å². The first kappa shape index (κ1) is 14.7. The van der Waals surface area contributed by atoms with Crippen molar-refractivity contribution in [3.05, 3.63) is 42.5 Å². The number of carbonyl (C=O) groups is 2. The fraction of sp³-hybridized carbons (Fsp3) is 0.125. The van der Waals surface area contributed by atoms with Gasteiger partial charge in [-0.1, -0.05) is 6.07 Å². The van der Waals surface area contributed by atoms with E-state index in [0.29, 0.717) is 28.6 Å². The monoisotopic (exact) mass is 314 g/mol. The van der Waals surface area contributed by atoms with E-state index in [9.17, 15) is 9.59 Å². The molecule has 2 N–H and O–H groups in total. The number of amides is 2. The maximum absolute atomic E-state index is 11.9. The lowest BCUT2D eigenvalue weighted by molar-refractivity contribution is -0.133. The number of carbonyl (C=O) groups excluding carboxylic acids is 2. The van der Waals surface area contributed by atoms with Crippen molar-refractivity contribution in [2.24, 2.45) is 0 Å². The number of hydrogen-bond acceptors (Lipinski definition) is 5. The van der Waals surface area contributed by atoms with Gasteiger partial charge in [0.1, 0.15) is 5.75 Å². The lowest BCUT2D eigenvalue weighted by Gasteiger charge is -2.08. The highest BCUT2D eigenvalue weighted by Crippen LogP contribution is 2.34. The van der Waals surface area contributed by atoms with Crippen LogP contribution in [0.3, 0.4) is 0 Å². The van der Waals surface area contributed by atoms with Crippen molar-refractivity contribution in [1.82, 2.24) is 0 Å². The van der Waals surface area contributed by atoms with Gasteiger partial charge in [-0.15, -0.1) is 0 Å². The van der Waals surface area contributed by atoms with Crippen molar-refractivity contribution in [3.8, 4) is 17.2 Å². The standard InChI is InChI=1S/C16H14N2O5/c1-21-12-4-2-3-10(7-12)17-15(19)16(20)18-11-5-6-13-14(8-11)23-9-22-13/h2-8H,9H2,1H3,(H,17,19)(H,18,20). The van der Waals surface area contributed by atoms with E-state index in [4.69, 9.17) is 14.2 Å². The Bertz CT molecular complexity index is 760. The van der Waals surface area contributed by atoms with Gasteiger partial charge in [-0.25, -0.2) is 0 Å². The van der Waals surface area contributed by atoms with E-state index in [1.165, 1.54) is 7.11 Å². The Morgan fingerprint density at radius 2 is 1.65 bits per heavy atom. The van der Waals surface area contributed by atoms with Gasteiger partial charge in [0.15, 0.2) is 11.5 Å². The second kappa shape index (κ2) is 6.27. The molecule has 23 heavy (non-hydrogen) atoms. The van der Waals surface area contributed by atoms with Crippen LogP contribution in [0, 0.1) is 0 Å². The van der Waals surface area contributed by atoms with Gasteiger partial charge < -0.3 is 24.8 Å². The fourth-order valence-electron chi connectivity index (χ4n) is 2.05. The zero-order chi connectivity index (χ0) is 16.2. The van der Waals surface area contributed by atoms with E-state index < -0.39 is 11.8 Å². The van der Waals surface area contributed by atoms with Crippen molar-refractivity contribution in [2.45, 2.75) is 0 Å². The molecule has 118 valence electrons. The summed E-state index contributed by atoms with van der Waals surface area (Å²) in [5.74, 6) is 0.140. The van der Waals surface area contributed by atoms with Gasteiger partial charge in [0.05, 0.1) is 7.11 Å². The van der Waals surface area contributed by atoms with Crippen LogP contribution in [-0.4, -0.2) is 25.7 Å². The lowest BCUT2D eigenvalue weighted by Crippen LogP contribution is -2.29. The SMILES string of the molecule is COc1cccc(NC(=O)C(=O)Nc2ccc3c(c2)OCO3)c1. The number of benzene rings is 2. The molecule has 0 bridgehead atoms. The molecule has 0 aromatic heterocycles. The van der Waals surface area contributed by atoms with Gasteiger partial charge in [-0.3, -0.25) is 9.59 Å². The first-order valence-electron chi connectivity index (χ1n) is 6.82. The van der Waals surface area contributed by atoms with Gasteiger partial charge in [0.2, 0.25) is 6.79 Å². The highest BCUT2D eigenvalue weighted by Gasteiger charge is 2.17. The van der Waals surface area contributed by atoms with Gasteiger partial charge in [0, 0.05) is 23.5 Å². The summed E-state index contributed by atoms with van der Waals surface area (Å²) in [6, 6.07) is 11.6. The van der Waals surface area contributed by atoms with E-state index in [1.54, 1.807) is 42.5 Å². The topological polar surface area (TPSA) is 85.9 Å². The van der Waals surface area contributed by atoms with Crippen molar-refractivity contribution >= 4 is 23.2 Å². The number of anilines is 2. The number of rotatable bonds is 3. The largest absolute Gasteiger partial charge is 0.497 e. The predicted octanol–water partition coefficient (Wildman–Crippen LogP) is 2.00. The quantitative estimate of drug-likeness (QED) is 0.846. The zero-order valence-corrected chi connectivity index (χ0v) is 12.3. The molecule has 1 heterocycles. The molecule has 0 atom stereocenters. The Morgan fingerprint density at radius 3 is 2.39 bits per heavy atom. The van der Waals surface area contributed by atoms with Gasteiger partial charge in [-0.05, 0) is 24.3 Å². The van der Waals surface area contributed by atoms with E-state index in [-0.39, 0.29) is 6.79 Å². The fourth-order valence-corrected chi connectivity index (χ4v) is 2.05. The molecule has 0 saturated heterocycles. The molecule has 0 spiro atoms. The minimum Gasteiger partial charge on any atom is -0.497 e. The molecule has 2 aromatic rings. The molecule has 0 aliphatic carbocycles. The van der Waals surface area contributed by atoms with Gasteiger partial charge in [0.25, 0.3) is 0 Å². The van der Waals surface area contributed by atoms with Crippen LogP contribution in [-0.2, 0) is 9.59 Å². The van der Waals surface area contributed by atoms with Crippen molar-refractivity contribution in [2.75, 3.05) is 24.5 Å². The number of fused-ring (bicyclic) bond motifs is 1. The number of ether oxygens (including phenoxy) is 3. The molecular formula is C16H14N2O5. The molecule has 0 unspecified atom stereocenters. The summed E-state index contributed by atoms with van der Waals surface area (Å²) in [7, 11) is 1.52. The van der Waals surface area contributed by atoms with Crippen LogP contribution < -0.4 is 24.8 Å². The van der Waals surface area contributed by atoms with E-state index in [2.05, 4.69) is 10.6 Å². The summed E-state index contributed by atoms with van der Waals surface area (Å²) in [5, 5.41) is 5.00. The third-order valence-corrected chi connectivity index (χ3v) is 3.16. The van der Waals surface area contributed by atoms with Crippen LogP contribution in [0.1, 0.15) is 0 Å². The Balaban J connectivity index is 1.64. The number of hydrogen-bond donors (Lipinski definition) is 2. The van der Waals surface area contributed by atoms with Crippen molar-refractivity contribution in [3.63, 3.8) is 0 Å². The Kier molecular flexibility index (Phi) is 4.01. The predicted molar refractivity (Wildman–Crippen MR) is 82.8 cm³/mol. The molecule has 1 aliphatic rings. The number of methoxy groups -OCH3 is 1. The third-order valence-electron chi connectivity index (χ3n) is 3.16. The average molecular weight is 314 g/mol. The molecule has 7 nitrogen and oxygen atoms in total. The van der Waals surface area contributed by atoms with Crippen LogP contribution >= 0.6 is 0 Å². The molecule has 2 amide bonds. The minimum absolute atomic E-state index is 0.142. The second-order valence-corrected chi connectivity index (χ2v) is 4.71. The molecule has 1 aliphatic heterocycles. The summed E-state index contributed by atoms with van der Waals surface area (Å²) in [6.07, 6.45) is 0. The van der Waals surface area contributed by atoms with Crippen LogP contribution in [0.15, 0.2) is 42.5 Å². The van der Waals surface area contributed by atoms with Gasteiger partial charge in [-0.2, -0.15) is 0 Å². The van der Waals surface area contributed by atoms with E-state index in [0.717, 1.165) is 0 Å². The Hall–Kier alpha value is -3.22. The smallest absolute Gasteiger partial charge is 0.314 e. The van der Waals surface area contributed by atoms with E-state index >= 15 is 0 Å². The average Bonchev–Trinajstić information content (AvgIpc) is 3.02. The van der Waals surface area contributed by atoms with Gasteiger partial charge >= 0.3 is 11.8 Å². The summed E-state index contributed by atoms with van der Waals surface area (Å²) in [4.78, 5) is 23.9. The first-order chi connectivity index (χ1) is 11.2. The summed E-state index contributed by atoms with van der Waals surface area (Å²) >= 11 is 0. The second-order valence-electron chi connectivity index (χ2n) is 4.71.